The minimum Gasteiger partial charge on any atom is -0.462 e. The maximum atomic E-state index is 11.6. The number of carbonyl (C=O) groups excluding carboxylic acids is 1. The lowest BCUT2D eigenvalue weighted by molar-refractivity contribution is 0.0526. The van der Waals surface area contributed by atoms with Crippen molar-refractivity contribution in [3.05, 3.63) is 29.8 Å². The van der Waals surface area contributed by atoms with Crippen molar-refractivity contribution in [3.8, 4) is 0 Å². The number of anilines is 1. The molecule has 0 atom stereocenters. The third-order valence-electron chi connectivity index (χ3n) is 3.28. The van der Waals surface area contributed by atoms with Crippen LogP contribution in [0.25, 0.3) is 0 Å². The Bertz CT molecular complexity index is 413. The first-order valence-corrected chi connectivity index (χ1v) is 7.96. The van der Waals surface area contributed by atoms with Crippen molar-refractivity contribution in [2.24, 2.45) is 11.8 Å². The lowest BCUT2D eigenvalue weighted by Gasteiger charge is -2.23. The van der Waals surface area contributed by atoms with Crippen molar-refractivity contribution in [2.75, 3.05) is 11.9 Å². The van der Waals surface area contributed by atoms with E-state index in [1.165, 1.54) is 0 Å². The fraction of sp³-hybridized carbons (Fsp3) is 0.611. The first kappa shape index (κ1) is 17.5. The van der Waals surface area contributed by atoms with Gasteiger partial charge in [0.25, 0.3) is 0 Å². The average molecular weight is 291 g/mol. The van der Waals surface area contributed by atoms with Crippen LogP contribution in [-0.2, 0) is 4.74 Å². The van der Waals surface area contributed by atoms with Gasteiger partial charge in [-0.3, -0.25) is 0 Å². The summed E-state index contributed by atoms with van der Waals surface area (Å²) < 4.78 is 4.99. The highest BCUT2D eigenvalue weighted by Crippen LogP contribution is 2.19. The molecule has 0 aliphatic carbocycles. The van der Waals surface area contributed by atoms with Crippen LogP contribution in [0, 0.1) is 11.8 Å². The first-order chi connectivity index (χ1) is 9.92. The molecule has 0 amide bonds. The van der Waals surface area contributed by atoms with Crippen LogP contribution in [0.15, 0.2) is 24.3 Å². The van der Waals surface area contributed by atoms with E-state index >= 15 is 0 Å². The summed E-state index contributed by atoms with van der Waals surface area (Å²) in [6.45, 7) is 11.2. The Morgan fingerprint density at radius 1 is 1.05 bits per heavy atom. The van der Waals surface area contributed by atoms with E-state index in [9.17, 15) is 4.79 Å². The van der Waals surface area contributed by atoms with Crippen LogP contribution in [0.2, 0.25) is 0 Å². The second-order valence-corrected chi connectivity index (χ2v) is 6.40. The molecule has 1 aromatic rings. The third kappa shape index (κ3) is 6.65. The highest BCUT2D eigenvalue weighted by atomic mass is 16.5. The van der Waals surface area contributed by atoms with Crippen LogP contribution < -0.4 is 5.32 Å². The van der Waals surface area contributed by atoms with E-state index < -0.39 is 0 Å². The molecule has 0 bridgehead atoms. The molecule has 0 saturated carbocycles. The fourth-order valence-electron chi connectivity index (χ4n) is 2.50. The van der Waals surface area contributed by atoms with Crippen LogP contribution in [0.4, 0.5) is 5.69 Å². The molecule has 0 radical (unpaired) electrons. The summed E-state index contributed by atoms with van der Waals surface area (Å²) in [5.41, 5.74) is 1.67. The molecule has 0 aromatic heterocycles. The van der Waals surface area contributed by atoms with Crippen molar-refractivity contribution in [3.63, 3.8) is 0 Å². The minimum absolute atomic E-state index is 0.259. The molecule has 0 aliphatic rings. The van der Waals surface area contributed by atoms with E-state index in [1.54, 1.807) is 0 Å². The van der Waals surface area contributed by atoms with Crippen LogP contribution in [0.3, 0.4) is 0 Å². The maximum Gasteiger partial charge on any atom is 0.338 e. The smallest absolute Gasteiger partial charge is 0.338 e. The molecule has 21 heavy (non-hydrogen) atoms. The van der Waals surface area contributed by atoms with Crippen LogP contribution in [0.5, 0.6) is 0 Å². The van der Waals surface area contributed by atoms with Gasteiger partial charge in [-0.2, -0.15) is 0 Å². The Balaban J connectivity index is 2.68. The van der Waals surface area contributed by atoms with Gasteiger partial charge >= 0.3 is 5.97 Å². The van der Waals surface area contributed by atoms with Crippen molar-refractivity contribution < 1.29 is 9.53 Å². The molecular formula is C18H29NO2. The molecule has 0 saturated heterocycles. The average Bonchev–Trinajstić information content (AvgIpc) is 2.38. The second kappa shape index (κ2) is 8.71. The zero-order chi connectivity index (χ0) is 15.8. The molecule has 1 aromatic carbocycles. The number of rotatable bonds is 8. The van der Waals surface area contributed by atoms with Crippen molar-refractivity contribution in [1.29, 1.82) is 0 Å². The predicted molar refractivity (Wildman–Crippen MR) is 88.7 cm³/mol. The fourth-order valence-corrected chi connectivity index (χ4v) is 2.50. The number of hydrogen-bond acceptors (Lipinski definition) is 3. The normalized spacial score (nSPS) is 11.2. The van der Waals surface area contributed by atoms with Crippen LogP contribution in [-0.4, -0.2) is 18.6 Å². The molecule has 1 N–H and O–H groups in total. The molecule has 1 rings (SSSR count). The van der Waals surface area contributed by atoms with E-state index in [0.29, 0.717) is 30.0 Å². The monoisotopic (exact) mass is 291 g/mol. The van der Waals surface area contributed by atoms with E-state index in [-0.39, 0.29) is 5.97 Å². The second-order valence-electron chi connectivity index (χ2n) is 6.40. The molecule has 0 aliphatic heterocycles. The summed E-state index contributed by atoms with van der Waals surface area (Å²) in [7, 11) is 0. The van der Waals surface area contributed by atoms with E-state index in [2.05, 4.69) is 33.0 Å². The highest BCUT2D eigenvalue weighted by molar-refractivity contribution is 5.89. The van der Waals surface area contributed by atoms with Gasteiger partial charge in [0.2, 0.25) is 0 Å². The quantitative estimate of drug-likeness (QED) is 0.703. The number of carbonyl (C=O) groups is 1. The van der Waals surface area contributed by atoms with E-state index in [1.807, 2.05) is 31.2 Å². The van der Waals surface area contributed by atoms with Gasteiger partial charge in [0, 0.05) is 11.7 Å². The summed E-state index contributed by atoms with van der Waals surface area (Å²) in [6, 6.07) is 8.03. The standard InChI is InChI=1S/C18H29NO2/c1-6-21-18(20)15-7-9-16(10-8-15)19-17(11-13(2)3)12-14(4)5/h7-10,13-14,17,19H,6,11-12H2,1-5H3. The van der Waals surface area contributed by atoms with Crippen LogP contribution in [0.1, 0.15) is 57.8 Å². The van der Waals surface area contributed by atoms with Gasteiger partial charge in [0.15, 0.2) is 0 Å². The molecule has 0 spiro atoms. The van der Waals surface area contributed by atoms with Gasteiger partial charge in [0.1, 0.15) is 0 Å². The number of esters is 1. The maximum absolute atomic E-state index is 11.6. The molecule has 3 heteroatoms. The van der Waals surface area contributed by atoms with Crippen molar-refractivity contribution >= 4 is 11.7 Å². The van der Waals surface area contributed by atoms with Crippen LogP contribution >= 0.6 is 0 Å². The Morgan fingerprint density at radius 3 is 2.00 bits per heavy atom. The molecule has 0 fully saturated rings. The Hall–Kier alpha value is -1.51. The SMILES string of the molecule is CCOC(=O)c1ccc(NC(CC(C)C)CC(C)C)cc1. The van der Waals surface area contributed by atoms with E-state index in [0.717, 1.165) is 18.5 Å². The summed E-state index contributed by atoms with van der Waals surface area (Å²) in [5.74, 6) is 1.07. The zero-order valence-electron chi connectivity index (χ0n) is 14.0. The summed E-state index contributed by atoms with van der Waals surface area (Å²) in [5, 5.41) is 3.59. The van der Waals surface area contributed by atoms with Gasteiger partial charge in [-0.05, 0) is 55.9 Å². The van der Waals surface area contributed by atoms with Gasteiger partial charge in [-0.25, -0.2) is 4.79 Å². The van der Waals surface area contributed by atoms with Gasteiger partial charge in [0.05, 0.1) is 12.2 Å². The topological polar surface area (TPSA) is 38.3 Å². The van der Waals surface area contributed by atoms with Crippen molar-refractivity contribution in [1.82, 2.24) is 0 Å². The van der Waals surface area contributed by atoms with Crippen molar-refractivity contribution in [2.45, 2.75) is 53.5 Å². The van der Waals surface area contributed by atoms with E-state index in [4.69, 9.17) is 4.74 Å². The highest BCUT2D eigenvalue weighted by Gasteiger charge is 2.13. The van der Waals surface area contributed by atoms with Gasteiger partial charge < -0.3 is 10.1 Å². The molecule has 0 heterocycles. The molecule has 3 nitrogen and oxygen atoms in total. The number of ether oxygens (including phenoxy) is 1. The number of nitrogens with one attached hydrogen (secondary N) is 1. The zero-order valence-corrected chi connectivity index (χ0v) is 14.0. The number of benzene rings is 1. The minimum atomic E-state index is -0.259. The number of hydrogen-bond donors (Lipinski definition) is 1. The molecule has 118 valence electrons. The summed E-state index contributed by atoms with van der Waals surface area (Å²) in [4.78, 5) is 11.6. The summed E-state index contributed by atoms with van der Waals surface area (Å²) in [6.07, 6.45) is 2.30. The predicted octanol–water partition coefficient (Wildman–Crippen LogP) is 4.74. The molecular weight excluding hydrogens is 262 g/mol. The van der Waals surface area contributed by atoms with Gasteiger partial charge in [-0.15, -0.1) is 0 Å². The summed E-state index contributed by atoms with van der Waals surface area (Å²) >= 11 is 0. The molecule has 0 unspecified atom stereocenters. The largest absolute Gasteiger partial charge is 0.462 e. The Labute approximate surface area is 129 Å². The Morgan fingerprint density at radius 2 is 1.57 bits per heavy atom. The lowest BCUT2D eigenvalue weighted by atomic mass is 9.95. The lowest BCUT2D eigenvalue weighted by Crippen LogP contribution is -2.23. The first-order valence-electron chi connectivity index (χ1n) is 7.96. The third-order valence-corrected chi connectivity index (χ3v) is 3.28. The van der Waals surface area contributed by atoms with Gasteiger partial charge in [-0.1, -0.05) is 27.7 Å². The Kier molecular flexibility index (Phi) is 7.27.